The number of carbonyl (C=O) groups is 1. The summed E-state index contributed by atoms with van der Waals surface area (Å²) in [6.45, 7) is 5.04. The molecule has 0 aromatic heterocycles. The summed E-state index contributed by atoms with van der Waals surface area (Å²) >= 11 is 0. The van der Waals surface area contributed by atoms with Crippen LogP contribution in [0.1, 0.15) is 30.7 Å². The average molecular weight is 380 g/mol. The minimum atomic E-state index is 0. The Hall–Kier alpha value is -1.14. The van der Waals surface area contributed by atoms with Crippen molar-refractivity contribution in [1.29, 1.82) is 0 Å². The fraction of sp³-hybridized carbons (Fsp3) is 0.650. The Morgan fingerprint density at radius 2 is 1.81 bits per heavy atom. The Balaban J connectivity index is 0.00000196. The monoisotopic (exact) mass is 379 g/mol. The highest BCUT2D eigenvalue weighted by atomic mass is 35.5. The number of amides is 1. The molecule has 1 aromatic rings. The third-order valence-corrected chi connectivity index (χ3v) is 6.28. The second-order valence-electron chi connectivity index (χ2n) is 7.65. The molecule has 0 aliphatic carbocycles. The normalized spacial score (nSPS) is 30.6. The predicted octanol–water partition coefficient (Wildman–Crippen LogP) is 1.86. The van der Waals surface area contributed by atoms with Gasteiger partial charge in [-0.15, -0.1) is 12.4 Å². The molecule has 1 amide bonds. The lowest BCUT2D eigenvalue weighted by Crippen LogP contribution is -2.46. The largest absolute Gasteiger partial charge is 0.381 e. The van der Waals surface area contributed by atoms with Gasteiger partial charge in [0.25, 0.3) is 0 Å². The minimum Gasteiger partial charge on any atom is -0.381 e. The standard InChI is InChI=1S/C20H29N3O2.ClH/c21-12-16-13-22(14-18(16)15-4-2-1-3-5-15)19-6-9-23(20(19)24)17-7-10-25-11-8-17;/h1-5,16-19H,6-14,21H2;1H/t16-,18+,19?;/m1./s1. The number of hydrogen-bond donors (Lipinski definition) is 1. The van der Waals surface area contributed by atoms with Gasteiger partial charge < -0.3 is 15.4 Å². The van der Waals surface area contributed by atoms with Crippen LogP contribution in [-0.2, 0) is 9.53 Å². The molecule has 3 atom stereocenters. The van der Waals surface area contributed by atoms with Crippen molar-refractivity contribution in [3.8, 4) is 0 Å². The molecule has 3 aliphatic rings. The van der Waals surface area contributed by atoms with Crippen molar-refractivity contribution in [1.82, 2.24) is 9.80 Å². The summed E-state index contributed by atoms with van der Waals surface area (Å²) < 4.78 is 5.45. The van der Waals surface area contributed by atoms with E-state index in [-0.39, 0.29) is 18.4 Å². The van der Waals surface area contributed by atoms with Gasteiger partial charge in [-0.1, -0.05) is 30.3 Å². The van der Waals surface area contributed by atoms with E-state index in [1.807, 2.05) is 0 Å². The van der Waals surface area contributed by atoms with Crippen LogP contribution >= 0.6 is 12.4 Å². The zero-order valence-electron chi connectivity index (χ0n) is 15.3. The Labute approximate surface area is 162 Å². The maximum absolute atomic E-state index is 13.0. The Bertz CT molecular complexity index is 594. The first-order chi connectivity index (χ1) is 12.3. The van der Waals surface area contributed by atoms with Gasteiger partial charge in [0.1, 0.15) is 0 Å². The molecule has 5 nitrogen and oxygen atoms in total. The molecule has 0 saturated carbocycles. The van der Waals surface area contributed by atoms with Gasteiger partial charge in [0.05, 0.1) is 6.04 Å². The highest BCUT2D eigenvalue weighted by Gasteiger charge is 2.44. The lowest BCUT2D eigenvalue weighted by atomic mass is 9.89. The summed E-state index contributed by atoms with van der Waals surface area (Å²) in [5.74, 6) is 1.21. The smallest absolute Gasteiger partial charge is 0.240 e. The average Bonchev–Trinajstić information content (AvgIpc) is 3.26. The van der Waals surface area contributed by atoms with E-state index < -0.39 is 0 Å². The number of likely N-dealkylation sites (tertiary alicyclic amines) is 2. The summed E-state index contributed by atoms with van der Waals surface area (Å²) in [4.78, 5) is 17.6. The lowest BCUT2D eigenvalue weighted by Gasteiger charge is -2.32. The van der Waals surface area contributed by atoms with E-state index in [1.54, 1.807) is 0 Å². The number of carbonyl (C=O) groups excluding carboxylic acids is 1. The maximum atomic E-state index is 13.0. The van der Waals surface area contributed by atoms with Gasteiger partial charge in [-0.2, -0.15) is 0 Å². The van der Waals surface area contributed by atoms with Crippen molar-refractivity contribution >= 4 is 18.3 Å². The van der Waals surface area contributed by atoms with Crippen LogP contribution in [0.25, 0.3) is 0 Å². The first-order valence-electron chi connectivity index (χ1n) is 9.65. The molecule has 4 rings (SSSR count). The minimum absolute atomic E-state index is 0. The van der Waals surface area contributed by atoms with Gasteiger partial charge in [0.15, 0.2) is 0 Å². The molecule has 3 aliphatic heterocycles. The van der Waals surface area contributed by atoms with Crippen LogP contribution < -0.4 is 5.73 Å². The lowest BCUT2D eigenvalue weighted by molar-refractivity contribution is -0.135. The van der Waals surface area contributed by atoms with E-state index in [9.17, 15) is 4.79 Å². The van der Waals surface area contributed by atoms with Crippen LogP contribution in [-0.4, -0.2) is 67.2 Å². The third-order valence-electron chi connectivity index (χ3n) is 6.28. The van der Waals surface area contributed by atoms with E-state index >= 15 is 0 Å². The van der Waals surface area contributed by atoms with E-state index in [0.29, 0.717) is 30.3 Å². The fourth-order valence-corrected chi connectivity index (χ4v) is 4.86. The number of nitrogens with two attached hydrogens (primary N) is 1. The van der Waals surface area contributed by atoms with Crippen LogP contribution in [0, 0.1) is 5.92 Å². The van der Waals surface area contributed by atoms with Crippen LogP contribution in [0.2, 0.25) is 0 Å². The van der Waals surface area contributed by atoms with Crippen molar-refractivity contribution in [2.45, 2.75) is 37.3 Å². The molecule has 3 heterocycles. The topological polar surface area (TPSA) is 58.8 Å². The molecule has 0 radical (unpaired) electrons. The molecular weight excluding hydrogens is 350 g/mol. The van der Waals surface area contributed by atoms with Gasteiger partial charge in [0, 0.05) is 44.8 Å². The van der Waals surface area contributed by atoms with Crippen molar-refractivity contribution < 1.29 is 9.53 Å². The summed E-state index contributed by atoms with van der Waals surface area (Å²) in [5.41, 5.74) is 7.42. The number of hydrogen-bond acceptors (Lipinski definition) is 4. The fourth-order valence-electron chi connectivity index (χ4n) is 4.86. The van der Waals surface area contributed by atoms with Crippen LogP contribution in [0.3, 0.4) is 0 Å². The highest BCUT2D eigenvalue weighted by Crippen LogP contribution is 2.35. The Morgan fingerprint density at radius 1 is 1.08 bits per heavy atom. The zero-order chi connectivity index (χ0) is 17.2. The van der Waals surface area contributed by atoms with Gasteiger partial charge in [-0.05, 0) is 37.3 Å². The molecule has 3 fully saturated rings. The van der Waals surface area contributed by atoms with E-state index in [0.717, 1.165) is 52.1 Å². The summed E-state index contributed by atoms with van der Waals surface area (Å²) in [5, 5.41) is 0. The molecule has 6 heteroatoms. The van der Waals surface area contributed by atoms with Crippen molar-refractivity contribution in [3.05, 3.63) is 35.9 Å². The first kappa shape index (κ1) is 19.6. The van der Waals surface area contributed by atoms with Crippen LogP contribution in [0.4, 0.5) is 0 Å². The molecule has 1 unspecified atom stereocenters. The van der Waals surface area contributed by atoms with E-state index in [2.05, 4.69) is 40.1 Å². The van der Waals surface area contributed by atoms with Gasteiger partial charge in [-0.25, -0.2) is 0 Å². The number of halogens is 1. The van der Waals surface area contributed by atoms with Crippen LogP contribution in [0.5, 0.6) is 0 Å². The summed E-state index contributed by atoms with van der Waals surface area (Å²) in [7, 11) is 0. The second-order valence-corrected chi connectivity index (χ2v) is 7.65. The molecule has 1 aromatic carbocycles. The van der Waals surface area contributed by atoms with Crippen molar-refractivity contribution in [2.75, 3.05) is 39.4 Å². The number of rotatable bonds is 4. The first-order valence-corrected chi connectivity index (χ1v) is 9.65. The highest BCUT2D eigenvalue weighted by molar-refractivity contribution is 5.85. The van der Waals surface area contributed by atoms with Crippen LogP contribution in [0.15, 0.2) is 30.3 Å². The molecule has 0 bridgehead atoms. The maximum Gasteiger partial charge on any atom is 0.240 e. The third kappa shape index (κ3) is 3.77. The van der Waals surface area contributed by atoms with Gasteiger partial charge in [0.2, 0.25) is 5.91 Å². The SMILES string of the molecule is Cl.NC[C@@H]1CN(C2CCN(C3CCOCC3)C2=O)C[C@H]1c1ccccc1. The molecule has 2 N–H and O–H groups in total. The molecule has 26 heavy (non-hydrogen) atoms. The summed E-state index contributed by atoms with van der Waals surface area (Å²) in [6, 6.07) is 11.1. The Kier molecular flexibility index (Phi) is 6.56. The zero-order valence-corrected chi connectivity index (χ0v) is 16.1. The Morgan fingerprint density at radius 3 is 2.50 bits per heavy atom. The number of ether oxygens (including phenoxy) is 1. The number of benzene rings is 1. The second kappa shape index (κ2) is 8.70. The molecule has 3 saturated heterocycles. The van der Waals surface area contributed by atoms with Crippen molar-refractivity contribution in [3.63, 3.8) is 0 Å². The number of nitrogens with zero attached hydrogens (tertiary/aromatic N) is 2. The predicted molar refractivity (Wildman–Crippen MR) is 105 cm³/mol. The van der Waals surface area contributed by atoms with Gasteiger partial charge in [-0.3, -0.25) is 9.69 Å². The van der Waals surface area contributed by atoms with Crippen molar-refractivity contribution in [2.24, 2.45) is 11.7 Å². The van der Waals surface area contributed by atoms with E-state index in [1.165, 1.54) is 5.56 Å². The quantitative estimate of drug-likeness (QED) is 0.867. The van der Waals surface area contributed by atoms with Gasteiger partial charge >= 0.3 is 0 Å². The van der Waals surface area contributed by atoms with E-state index in [4.69, 9.17) is 10.5 Å². The molecule has 144 valence electrons. The molecular formula is C20H30ClN3O2. The summed E-state index contributed by atoms with van der Waals surface area (Å²) in [6.07, 6.45) is 2.92. The molecule has 0 spiro atoms.